The summed E-state index contributed by atoms with van der Waals surface area (Å²) in [6.45, 7) is 2.50. The predicted octanol–water partition coefficient (Wildman–Crippen LogP) is 0.493. The van der Waals surface area contributed by atoms with Crippen LogP contribution in [-0.2, 0) is 4.74 Å². The fourth-order valence-corrected chi connectivity index (χ4v) is 1.42. The molecule has 19 heavy (non-hydrogen) atoms. The summed E-state index contributed by atoms with van der Waals surface area (Å²) in [6, 6.07) is 4.76. The van der Waals surface area contributed by atoms with E-state index in [-0.39, 0.29) is 19.1 Å². The van der Waals surface area contributed by atoms with Crippen LogP contribution in [0.2, 0.25) is 0 Å². The van der Waals surface area contributed by atoms with Crippen LogP contribution in [0.5, 0.6) is 5.75 Å². The number of hydrogen-bond donors (Lipinski definition) is 3. The Bertz CT molecular complexity index is 462. The second-order valence-electron chi connectivity index (χ2n) is 3.65. The molecule has 0 unspecified atom stereocenters. The van der Waals surface area contributed by atoms with E-state index in [0.29, 0.717) is 23.6 Å². The van der Waals surface area contributed by atoms with E-state index in [1.165, 1.54) is 6.07 Å². The molecule has 0 aliphatic heterocycles. The molecule has 1 rings (SSSR count). The summed E-state index contributed by atoms with van der Waals surface area (Å²) in [6.07, 6.45) is -0.878. The third-order valence-electron chi connectivity index (χ3n) is 2.13. The molecule has 1 aromatic rings. The molecule has 0 atom stereocenters. The molecule has 0 aliphatic carbocycles. The summed E-state index contributed by atoms with van der Waals surface area (Å²) in [5.74, 6) is 0.197. The van der Waals surface area contributed by atoms with Gasteiger partial charge in [-0.2, -0.15) is 0 Å². The van der Waals surface area contributed by atoms with E-state index in [2.05, 4.69) is 10.1 Å². The lowest BCUT2D eigenvalue weighted by molar-refractivity contribution is 0.0936. The van der Waals surface area contributed by atoms with Crippen molar-refractivity contribution in [2.45, 2.75) is 6.92 Å². The highest BCUT2D eigenvalue weighted by atomic mass is 16.5. The zero-order chi connectivity index (χ0) is 14.3. The molecule has 104 valence electrons. The fourth-order valence-electron chi connectivity index (χ4n) is 1.42. The first-order chi connectivity index (χ1) is 9.02. The van der Waals surface area contributed by atoms with Crippen LogP contribution >= 0.6 is 0 Å². The summed E-state index contributed by atoms with van der Waals surface area (Å²) >= 11 is 0. The Morgan fingerprint density at radius 2 is 2.05 bits per heavy atom. The molecule has 0 spiro atoms. The Morgan fingerprint density at radius 1 is 1.32 bits per heavy atom. The van der Waals surface area contributed by atoms with Crippen LogP contribution in [0, 0.1) is 0 Å². The largest absolute Gasteiger partial charge is 0.494 e. The number of nitrogen functional groups attached to an aromatic ring is 1. The Labute approximate surface area is 110 Å². The maximum Gasteiger partial charge on any atom is 0.404 e. The van der Waals surface area contributed by atoms with Crippen LogP contribution in [0.1, 0.15) is 17.3 Å². The third-order valence-corrected chi connectivity index (χ3v) is 2.13. The quantitative estimate of drug-likeness (QED) is 0.512. The smallest absolute Gasteiger partial charge is 0.404 e. The number of nitrogens with two attached hydrogens (primary N) is 2. The number of ether oxygens (including phenoxy) is 2. The van der Waals surface area contributed by atoms with Gasteiger partial charge in [-0.1, -0.05) is 0 Å². The topological polar surface area (TPSA) is 117 Å². The Hall–Kier alpha value is -2.44. The van der Waals surface area contributed by atoms with Crippen molar-refractivity contribution in [3.8, 4) is 5.75 Å². The molecule has 0 aliphatic rings. The summed E-state index contributed by atoms with van der Waals surface area (Å²) in [7, 11) is 0. The average molecular weight is 267 g/mol. The molecule has 0 fully saturated rings. The van der Waals surface area contributed by atoms with Gasteiger partial charge < -0.3 is 26.3 Å². The van der Waals surface area contributed by atoms with E-state index in [1.54, 1.807) is 12.1 Å². The third kappa shape index (κ3) is 5.15. The van der Waals surface area contributed by atoms with Crippen molar-refractivity contribution in [1.29, 1.82) is 0 Å². The van der Waals surface area contributed by atoms with Crippen LogP contribution in [0.15, 0.2) is 18.2 Å². The van der Waals surface area contributed by atoms with Crippen molar-refractivity contribution >= 4 is 17.7 Å². The van der Waals surface area contributed by atoms with Gasteiger partial charge in [0.2, 0.25) is 0 Å². The molecule has 2 amide bonds. The predicted molar refractivity (Wildman–Crippen MR) is 69.9 cm³/mol. The molecule has 7 nitrogen and oxygen atoms in total. The SMILES string of the molecule is CCOc1cc(N)cc(C(=O)NCCOC(N)=O)c1. The molecule has 0 saturated carbocycles. The van der Waals surface area contributed by atoms with Crippen molar-refractivity contribution in [3.05, 3.63) is 23.8 Å². The van der Waals surface area contributed by atoms with Gasteiger partial charge >= 0.3 is 6.09 Å². The highest BCUT2D eigenvalue weighted by molar-refractivity contribution is 5.95. The van der Waals surface area contributed by atoms with Crippen LogP contribution in [0.3, 0.4) is 0 Å². The number of carbonyl (C=O) groups is 2. The number of hydrogen-bond acceptors (Lipinski definition) is 5. The number of carbonyl (C=O) groups excluding carboxylic acids is 2. The van der Waals surface area contributed by atoms with Gasteiger partial charge in [0.15, 0.2) is 0 Å². The van der Waals surface area contributed by atoms with E-state index < -0.39 is 6.09 Å². The van der Waals surface area contributed by atoms with Crippen molar-refractivity contribution in [1.82, 2.24) is 5.32 Å². The summed E-state index contributed by atoms with van der Waals surface area (Å²) in [5, 5.41) is 2.57. The lowest BCUT2D eigenvalue weighted by atomic mass is 10.1. The highest BCUT2D eigenvalue weighted by Gasteiger charge is 2.08. The maximum absolute atomic E-state index is 11.8. The van der Waals surface area contributed by atoms with Crippen molar-refractivity contribution < 1.29 is 19.1 Å². The molecule has 0 radical (unpaired) electrons. The van der Waals surface area contributed by atoms with Gasteiger partial charge in [-0.3, -0.25) is 4.79 Å². The van der Waals surface area contributed by atoms with Crippen molar-refractivity contribution in [2.75, 3.05) is 25.5 Å². The molecule has 0 heterocycles. The van der Waals surface area contributed by atoms with E-state index in [9.17, 15) is 9.59 Å². The first-order valence-electron chi connectivity index (χ1n) is 5.76. The lowest BCUT2D eigenvalue weighted by Crippen LogP contribution is -2.29. The van der Waals surface area contributed by atoms with E-state index in [1.807, 2.05) is 6.92 Å². The van der Waals surface area contributed by atoms with Gasteiger partial charge in [-0.15, -0.1) is 0 Å². The second kappa shape index (κ2) is 7.10. The Kier molecular flexibility index (Phi) is 5.46. The minimum atomic E-state index is -0.878. The fraction of sp³-hybridized carbons (Fsp3) is 0.333. The maximum atomic E-state index is 11.8. The molecular weight excluding hydrogens is 250 g/mol. The highest BCUT2D eigenvalue weighted by Crippen LogP contribution is 2.18. The van der Waals surface area contributed by atoms with E-state index >= 15 is 0 Å². The molecule has 7 heteroatoms. The zero-order valence-corrected chi connectivity index (χ0v) is 10.6. The van der Waals surface area contributed by atoms with E-state index in [4.69, 9.17) is 16.2 Å². The minimum absolute atomic E-state index is 0.0156. The minimum Gasteiger partial charge on any atom is -0.494 e. The first-order valence-corrected chi connectivity index (χ1v) is 5.76. The number of rotatable bonds is 6. The monoisotopic (exact) mass is 267 g/mol. The standard InChI is InChI=1S/C12H17N3O4/c1-2-18-10-6-8(5-9(13)7-10)11(16)15-3-4-19-12(14)17/h5-7H,2-4,13H2,1H3,(H2,14,17)(H,15,16). The van der Waals surface area contributed by atoms with Gasteiger partial charge in [-0.05, 0) is 19.1 Å². The Balaban J connectivity index is 2.58. The molecule has 0 bridgehead atoms. The number of nitrogens with one attached hydrogen (secondary N) is 1. The van der Waals surface area contributed by atoms with Crippen LogP contribution in [-0.4, -0.2) is 31.8 Å². The first kappa shape index (κ1) is 14.6. The molecule has 0 saturated heterocycles. The van der Waals surface area contributed by atoms with Gasteiger partial charge in [0.1, 0.15) is 12.4 Å². The summed E-state index contributed by atoms with van der Waals surface area (Å²) in [4.78, 5) is 22.1. The normalized spacial score (nSPS) is 9.74. The molecule has 0 aromatic heterocycles. The van der Waals surface area contributed by atoms with Gasteiger partial charge in [0.25, 0.3) is 5.91 Å². The molecule has 5 N–H and O–H groups in total. The van der Waals surface area contributed by atoms with Crippen molar-refractivity contribution in [3.63, 3.8) is 0 Å². The number of amides is 2. The number of anilines is 1. The van der Waals surface area contributed by atoms with Crippen LogP contribution < -0.4 is 21.5 Å². The number of primary amides is 1. The summed E-state index contributed by atoms with van der Waals surface area (Å²) < 4.78 is 9.78. The molecular formula is C12H17N3O4. The van der Waals surface area contributed by atoms with Crippen LogP contribution in [0.25, 0.3) is 0 Å². The van der Waals surface area contributed by atoms with Crippen molar-refractivity contribution in [2.24, 2.45) is 5.73 Å². The summed E-state index contributed by atoms with van der Waals surface area (Å²) in [5.41, 5.74) is 11.3. The van der Waals surface area contributed by atoms with E-state index in [0.717, 1.165) is 0 Å². The van der Waals surface area contributed by atoms with Gasteiger partial charge in [-0.25, -0.2) is 4.79 Å². The second-order valence-corrected chi connectivity index (χ2v) is 3.65. The molecule has 1 aromatic carbocycles. The zero-order valence-electron chi connectivity index (χ0n) is 10.6. The Morgan fingerprint density at radius 3 is 2.68 bits per heavy atom. The number of benzene rings is 1. The van der Waals surface area contributed by atoms with Crippen LogP contribution in [0.4, 0.5) is 10.5 Å². The average Bonchev–Trinajstić information content (AvgIpc) is 2.34. The lowest BCUT2D eigenvalue weighted by Gasteiger charge is -2.09. The van der Waals surface area contributed by atoms with Gasteiger partial charge in [0.05, 0.1) is 13.2 Å². The van der Waals surface area contributed by atoms with Gasteiger partial charge in [0, 0.05) is 17.3 Å².